The van der Waals surface area contributed by atoms with Gasteiger partial charge in [0, 0.05) is 23.1 Å². The van der Waals surface area contributed by atoms with E-state index in [1.807, 2.05) is 17.5 Å². The molecular weight excluding hydrogens is 434 g/mol. The van der Waals surface area contributed by atoms with Gasteiger partial charge in [-0.25, -0.2) is 9.69 Å². The van der Waals surface area contributed by atoms with E-state index in [2.05, 4.69) is 5.32 Å². The fraction of sp³-hybridized carbons (Fsp3) is 0.409. The number of hydrogen-bond acceptors (Lipinski definition) is 7. The molecule has 2 atom stereocenters. The van der Waals surface area contributed by atoms with Gasteiger partial charge in [-0.1, -0.05) is 24.3 Å². The molecule has 1 N–H and O–H groups in total. The van der Waals surface area contributed by atoms with Crippen LogP contribution in [0.1, 0.15) is 38.1 Å². The Morgan fingerprint density at radius 1 is 1.25 bits per heavy atom. The molecule has 0 saturated heterocycles. The molecule has 2 aromatic rings. The van der Waals surface area contributed by atoms with Crippen molar-refractivity contribution in [1.29, 1.82) is 0 Å². The molecule has 0 radical (unpaired) electrons. The van der Waals surface area contributed by atoms with Crippen molar-refractivity contribution in [2.75, 3.05) is 11.4 Å². The molecule has 0 unspecified atom stereocenters. The molecule has 0 aliphatic carbocycles. The van der Waals surface area contributed by atoms with E-state index in [-0.39, 0.29) is 6.42 Å². The van der Waals surface area contributed by atoms with E-state index in [9.17, 15) is 24.5 Å². The number of carbonyl (C=O) groups excluding carboxylic acids is 3. The van der Waals surface area contributed by atoms with Crippen molar-refractivity contribution >= 4 is 34.9 Å². The number of nitrogens with zero attached hydrogens (tertiary/aromatic N) is 2. The lowest BCUT2D eigenvalue weighted by molar-refractivity contribution is -0.484. The fourth-order valence-corrected chi connectivity index (χ4v) is 4.80. The second-order valence-corrected chi connectivity index (χ2v) is 9.67. The average molecular weight is 460 g/mol. The summed E-state index contributed by atoms with van der Waals surface area (Å²) in [7, 11) is 0. The molecule has 1 aromatic heterocycles. The monoisotopic (exact) mass is 459 g/mol. The SMILES string of the molecule is CC(=O)N[C@H](C[N+](=O)[O-])[C@]1(Cc2cccs2)C(=O)N(C(=O)OC(C)(C)C)c2ccccc21. The molecule has 0 saturated carbocycles. The Morgan fingerprint density at radius 2 is 1.94 bits per heavy atom. The number of thiophene rings is 1. The van der Waals surface area contributed by atoms with Crippen LogP contribution in [0.3, 0.4) is 0 Å². The first-order valence-corrected chi connectivity index (χ1v) is 10.9. The number of benzene rings is 1. The van der Waals surface area contributed by atoms with Gasteiger partial charge in [0.2, 0.25) is 18.4 Å². The van der Waals surface area contributed by atoms with E-state index in [0.717, 1.165) is 9.78 Å². The molecule has 0 spiro atoms. The lowest BCUT2D eigenvalue weighted by Gasteiger charge is -2.34. The Bertz CT molecular complexity index is 1030. The standard InChI is InChI=1S/C22H25N3O6S/c1-14(26)23-18(13-24(29)30)22(12-15-8-7-11-32-15)16-9-5-6-10-17(16)25(19(22)27)20(28)31-21(2,3)4/h5-11,18H,12-13H2,1-4H3,(H,23,26)/t18-,22-/m1/s1. The summed E-state index contributed by atoms with van der Waals surface area (Å²) >= 11 is 1.39. The summed E-state index contributed by atoms with van der Waals surface area (Å²) in [6, 6.07) is 9.08. The van der Waals surface area contributed by atoms with Crippen LogP contribution in [0.15, 0.2) is 41.8 Å². The molecule has 10 heteroatoms. The van der Waals surface area contributed by atoms with Gasteiger partial charge in [0.15, 0.2) is 0 Å². The lowest BCUT2D eigenvalue weighted by Crippen LogP contribution is -2.60. The second-order valence-electron chi connectivity index (χ2n) is 8.63. The van der Waals surface area contributed by atoms with Crippen molar-refractivity contribution in [2.24, 2.45) is 0 Å². The summed E-state index contributed by atoms with van der Waals surface area (Å²) < 4.78 is 5.47. The molecule has 0 bridgehead atoms. The van der Waals surface area contributed by atoms with E-state index < -0.39 is 46.4 Å². The molecule has 0 fully saturated rings. The lowest BCUT2D eigenvalue weighted by atomic mass is 9.71. The molecule has 2 heterocycles. The number of hydrogen-bond donors (Lipinski definition) is 1. The summed E-state index contributed by atoms with van der Waals surface area (Å²) in [6.07, 6.45) is -0.788. The number of amides is 3. The highest BCUT2D eigenvalue weighted by molar-refractivity contribution is 7.09. The van der Waals surface area contributed by atoms with E-state index in [0.29, 0.717) is 11.3 Å². The first-order valence-electron chi connectivity index (χ1n) is 10.0. The van der Waals surface area contributed by atoms with E-state index in [1.165, 1.54) is 18.3 Å². The Kier molecular flexibility index (Phi) is 6.36. The van der Waals surface area contributed by atoms with Gasteiger partial charge < -0.3 is 10.1 Å². The van der Waals surface area contributed by atoms with Crippen LogP contribution in [0.25, 0.3) is 0 Å². The number of ether oxygens (including phenoxy) is 1. The highest BCUT2D eigenvalue weighted by atomic mass is 32.1. The van der Waals surface area contributed by atoms with E-state index in [4.69, 9.17) is 4.74 Å². The Hall–Kier alpha value is -3.27. The maximum Gasteiger partial charge on any atom is 0.421 e. The van der Waals surface area contributed by atoms with Crippen LogP contribution in [-0.4, -0.2) is 41.0 Å². The smallest absolute Gasteiger partial charge is 0.421 e. The van der Waals surface area contributed by atoms with Crippen LogP contribution in [-0.2, 0) is 26.2 Å². The third-order valence-corrected chi connectivity index (χ3v) is 6.00. The van der Waals surface area contributed by atoms with E-state index >= 15 is 0 Å². The average Bonchev–Trinajstić information content (AvgIpc) is 3.25. The number of nitrogens with one attached hydrogen (secondary N) is 1. The summed E-state index contributed by atoms with van der Waals surface area (Å²) in [6.45, 7) is 5.60. The number of anilines is 1. The molecule has 32 heavy (non-hydrogen) atoms. The largest absolute Gasteiger partial charge is 0.443 e. The highest BCUT2D eigenvalue weighted by Crippen LogP contribution is 2.47. The van der Waals surface area contributed by atoms with Crippen LogP contribution in [0.2, 0.25) is 0 Å². The predicted octanol–water partition coefficient (Wildman–Crippen LogP) is 3.29. The first-order chi connectivity index (χ1) is 15.0. The van der Waals surface area contributed by atoms with Gasteiger partial charge in [-0.3, -0.25) is 19.7 Å². The summed E-state index contributed by atoms with van der Waals surface area (Å²) in [5.41, 5.74) is -1.69. The minimum Gasteiger partial charge on any atom is -0.443 e. The number of nitro groups is 1. The van der Waals surface area contributed by atoms with Crippen molar-refractivity contribution in [3.05, 3.63) is 62.3 Å². The predicted molar refractivity (Wildman–Crippen MR) is 119 cm³/mol. The third kappa shape index (κ3) is 4.50. The van der Waals surface area contributed by atoms with Gasteiger partial charge in [-0.15, -0.1) is 11.3 Å². The zero-order chi connectivity index (χ0) is 23.7. The van der Waals surface area contributed by atoms with Crippen LogP contribution < -0.4 is 10.2 Å². The van der Waals surface area contributed by atoms with Crippen LogP contribution >= 0.6 is 11.3 Å². The van der Waals surface area contributed by atoms with Crippen LogP contribution in [0, 0.1) is 10.1 Å². The van der Waals surface area contributed by atoms with Gasteiger partial charge in [0.05, 0.1) is 5.69 Å². The van der Waals surface area contributed by atoms with Gasteiger partial charge in [0.25, 0.3) is 0 Å². The van der Waals surface area contributed by atoms with Crippen molar-refractivity contribution in [1.82, 2.24) is 5.32 Å². The molecule has 1 aliphatic heterocycles. The van der Waals surface area contributed by atoms with Gasteiger partial charge >= 0.3 is 6.09 Å². The van der Waals surface area contributed by atoms with Gasteiger partial charge in [-0.05, 0) is 43.8 Å². The van der Waals surface area contributed by atoms with Crippen molar-refractivity contribution in [3.8, 4) is 0 Å². The Labute approximate surface area is 189 Å². The molecule has 1 aliphatic rings. The molecule has 3 rings (SSSR count). The zero-order valence-corrected chi connectivity index (χ0v) is 19.1. The number of para-hydroxylation sites is 1. The minimum absolute atomic E-state index is 0.0819. The summed E-state index contributed by atoms with van der Waals surface area (Å²) in [5, 5.41) is 16.0. The molecule has 3 amide bonds. The summed E-state index contributed by atoms with van der Waals surface area (Å²) in [4.78, 5) is 51.8. The topological polar surface area (TPSA) is 119 Å². The number of rotatable bonds is 6. The van der Waals surface area contributed by atoms with Crippen LogP contribution in [0.4, 0.5) is 10.5 Å². The molecule has 9 nitrogen and oxygen atoms in total. The number of imide groups is 1. The fourth-order valence-electron chi connectivity index (χ4n) is 4.00. The highest BCUT2D eigenvalue weighted by Gasteiger charge is 2.59. The van der Waals surface area contributed by atoms with Crippen molar-refractivity contribution in [3.63, 3.8) is 0 Å². The van der Waals surface area contributed by atoms with Crippen molar-refractivity contribution < 1.29 is 24.0 Å². The Morgan fingerprint density at radius 3 is 2.50 bits per heavy atom. The third-order valence-electron chi connectivity index (χ3n) is 5.12. The normalized spacial score (nSPS) is 18.8. The molecular formula is C22H25N3O6S. The van der Waals surface area contributed by atoms with Gasteiger partial charge in [0.1, 0.15) is 17.1 Å². The minimum atomic E-state index is -1.56. The molecule has 1 aromatic carbocycles. The quantitative estimate of drug-likeness (QED) is 0.523. The maximum atomic E-state index is 14.0. The van der Waals surface area contributed by atoms with Gasteiger partial charge in [-0.2, -0.15) is 0 Å². The second kappa shape index (κ2) is 8.70. The first kappa shape index (κ1) is 23.4. The van der Waals surface area contributed by atoms with Crippen molar-refractivity contribution in [2.45, 2.75) is 51.2 Å². The Balaban J connectivity index is 2.23. The number of carbonyl (C=O) groups is 3. The maximum absolute atomic E-state index is 14.0. The van der Waals surface area contributed by atoms with Crippen LogP contribution in [0.5, 0.6) is 0 Å². The summed E-state index contributed by atoms with van der Waals surface area (Å²) in [5.74, 6) is -1.18. The van der Waals surface area contributed by atoms with E-state index in [1.54, 1.807) is 45.0 Å². The zero-order valence-electron chi connectivity index (χ0n) is 18.3. The molecule has 170 valence electrons. The number of fused-ring (bicyclic) bond motifs is 1.